The lowest BCUT2D eigenvalue weighted by Crippen LogP contribution is -2.06. The van der Waals surface area contributed by atoms with E-state index in [9.17, 15) is 4.79 Å². The molecule has 3 rings (SSSR count). The van der Waals surface area contributed by atoms with Gasteiger partial charge in [-0.3, -0.25) is 14.5 Å². The molecule has 20 heavy (non-hydrogen) atoms. The molecule has 0 N–H and O–H groups in total. The zero-order valence-corrected chi connectivity index (χ0v) is 12.5. The van der Waals surface area contributed by atoms with E-state index in [2.05, 4.69) is 26.0 Å². The molecule has 2 heterocycles. The van der Waals surface area contributed by atoms with Crippen LogP contribution in [0.5, 0.6) is 0 Å². The van der Waals surface area contributed by atoms with Gasteiger partial charge in [0, 0.05) is 35.7 Å². The van der Waals surface area contributed by atoms with Gasteiger partial charge in [-0.15, -0.1) is 0 Å². The first-order chi connectivity index (χ1) is 9.65. The molecule has 4 nitrogen and oxygen atoms in total. The lowest BCUT2D eigenvalue weighted by atomic mass is 10.1. The summed E-state index contributed by atoms with van der Waals surface area (Å²) in [5.41, 5.74) is 2.35. The van der Waals surface area contributed by atoms with Crippen LogP contribution < -0.4 is 0 Å². The van der Waals surface area contributed by atoms with Crippen molar-refractivity contribution in [2.24, 2.45) is 7.05 Å². The maximum absolute atomic E-state index is 12.4. The summed E-state index contributed by atoms with van der Waals surface area (Å²) in [6.07, 6.45) is 3.70. The summed E-state index contributed by atoms with van der Waals surface area (Å²) in [5.74, 6) is 0.00157. The number of ketones is 1. The van der Waals surface area contributed by atoms with E-state index in [1.807, 2.05) is 37.4 Å². The van der Waals surface area contributed by atoms with Crippen LogP contribution in [0.1, 0.15) is 16.1 Å². The van der Waals surface area contributed by atoms with E-state index in [0.29, 0.717) is 12.1 Å². The number of para-hydroxylation sites is 1. The van der Waals surface area contributed by atoms with Gasteiger partial charge >= 0.3 is 0 Å². The second-order valence-corrected chi connectivity index (χ2v) is 5.52. The largest absolute Gasteiger partial charge is 0.292 e. The quantitative estimate of drug-likeness (QED) is 0.693. The Kier molecular flexibility index (Phi) is 3.36. The number of carbonyl (C=O) groups is 1. The SMILES string of the molecule is Cn1nc(C(=O)Cc2cncc(Br)c2)c2ccccc21. The van der Waals surface area contributed by atoms with Gasteiger partial charge in [-0.05, 0) is 33.6 Å². The first-order valence-corrected chi connectivity index (χ1v) is 6.99. The van der Waals surface area contributed by atoms with Crippen LogP contribution in [0.3, 0.4) is 0 Å². The minimum absolute atomic E-state index is 0.00157. The minimum atomic E-state index is 0.00157. The number of fused-ring (bicyclic) bond motifs is 1. The third kappa shape index (κ3) is 2.36. The van der Waals surface area contributed by atoms with Crippen LogP contribution in [0, 0.1) is 0 Å². The molecule has 0 fully saturated rings. The lowest BCUT2D eigenvalue weighted by Gasteiger charge is -1.99. The molecule has 0 radical (unpaired) electrons. The molecule has 2 aromatic heterocycles. The number of rotatable bonds is 3. The van der Waals surface area contributed by atoms with Crippen LogP contribution >= 0.6 is 15.9 Å². The molecule has 0 amide bonds. The maximum atomic E-state index is 12.4. The van der Waals surface area contributed by atoms with Gasteiger partial charge in [0.25, 0.3) is 0 Å². The highest BCUT2D eigenvalue weighted by Gasteiger charge is 2.16. The smallest absolute Gasteiger partial charge is 0.188 e. The van der Waals surface area contributed by atoms with Crippen molar-refractivity contribution >= 4 is 32.6 Å². The number of carbonyl (C=O) groups excluding carboxylic acids is 1. The second kappa shape index (κ2) is 5.17. The summed E-state index contributed by atoms with van der Waals surface area (Å²) < 4.78 is 2.61. The summed E-state index contributed by atoms with van der Waals surface area (Å²) in [4.78, 5) is 16.5. The molecule has 0 unspecified atom stereocenters. The Bertz CT molecular complexity index is 795. The number of pyridine rings is 1. The highest BCUT2D eigenvalue weighted by molar-refractivity contribution is 9.10. The zero-order valence-electron chi connectivity index (χ0n) is 10.9. The van der Waals surface area contributed by atoms with Gasteiger partial charge in [-0.1, -0.05) is 18.2 Å². The van der Waals surface area contributed by atoms with Crippen LogP contribution in [-0.4, -0.2) is 20.5 Å². The summed E-state index contributed by atoms with van der Waals surface area (Å²) >= 11 is 3.36. The number of aromatic nitrogens is 3. The fourth-order valence-corrected chi connectivity index (χ4v) is 2.65. The molecule has 0 aliphatic carbocycles. The maximum Gasteiger partial charge on any atom is 0.188 e. The summed E-state index contributed by atoms with van der Waals surface area (Å²) in [6.45, 7) is 0. The van der Waals surface area contributed by atoms with E-state index < -0.39 is 0 Å². The molecule has 0 bridgehead atoms. The Morgan fingerprint density at radius 1 is 1.30 bits per heavy atom. The van der Waals surface area contributed by atoms with Crippen molar-refractivity contribution in [3.8, 4) is 0 Å². The first-order valence-electron chi connectivity index (χ1n) is 6.19. The highest BCUT2D eigenvalue weighted by Crippen LogP contribution is 2.19. The van der Waals surface area contributed by atoms with Crippen molar-refractivity contribution in [3.05, 3.63) is 58.5 Å². The summed E-state index contributed by atoms with van der Waals surface area (Å²) in [5, 5.41) is 5.23. The molecule has 100 valence electrons. The average Bonchev–Trinajstić information content (AvgIpc) is 2.77. The van der Waals surface area contributed by atoms with Gasteiger partial charge in [0.15, 0.2) is 5.78 Å². The van der Waals surface area contributed by atoms with Crippen molar-refractivity contribution in [1.82, 2.24) is 14.8 Å². The number of nitrogens with zero attached hydrogens (tertiary/aromatic N) is 3. The van der Waals surface area contributed by atoms with Gasteiger partial charge in [0.2, 0.25) is 0 Å². The molecule has 3 aromatic rings. The van der Waals surface area contributed by atoms with Crippen molar-refractivity contribution < 1.29 is 4.79 Å². The van der Waals surface area contributed by atoms with Crippen molar-refractivity contribution in [3.63, 3.8) is 0 Å². The molecule has 0 atom stereocenters. The molecule has 0 aliphatic heterocycles. The van der Waals surface area contributed by atoms with Gasteiger partial charge < -0.3 is 0 Å². The second-order valence-electron chi connectivity index (χ2n) is 4.60. The van der Waals surface area contributed by atoms with Gasteiger partial charge in [-0.25, -0.2) is 0 Å². The van der Waals surface area contributed by atoms with Crippen molar-refractivity contribution in [1.29, 1.82) is 0 Å². The number of halogens is 1. The molecule has 0 spiro atoms. The molecule has 5 heteroatoms. The Morgan fingerprint density at radius 3 is 2.90 bits per heavy atom. The van der Waals surface area contributed by atoms with Crippen LogP contribution in [0.2, 0.25) is 0 Å². The summed E-state index contributed by atoms with van der Waals surface area (Å²) in [7, 11) is 1.85. The zero-order chi connectivity index (χ0) is 14.1. The number of Topliss-reactive ketones (excluding diaryl/α,β-unsaturated/α-hetero) is 1. The molecule has 0 saturated carbocycles. The third-order valence-electron chi connectivity index (χ3n) is 3.15. The van der Waals surface area contributed by atoms with E-state index >= 15 is 0 Å². The fourth-order valence-electron chi connectivity index (χ4n) is 2.24. The number of hydrogen-bond donors (Lipinski definition) is 0. The Labute approximate surface area is 124 Å². The molecule has 0 aliphatic rings. The Hall–Kier alpha value is -2.01. The Morgan fingerprint density at radius 2 is 2.10 bits per heavy atom. The van der Waals surface area contributed by atoms with E-state index in [1.165, 1.54) is 0 Å². The monoisotopic (exact) mass is 329 g/mol. The predicted molar refractivity (Wildman–Crippen MR) is 80.7 cm³/mol. The van der Waals surface area contributed by atoms with Gasteiger partial charge in [0.1, 0.15) is 5.69 Å². The van der Waals surface area contributed by atoms with Gasteiger partial charge in [-0.2, -0.15) is 5.10 Å². The number of aryl methyl sites for hydroxylation is 1. The van der Waals surface area contributed by atoms with Crippen LogP contribution in [0.15, 0.2) is 47.2 Å². The number of hydrogen-bond acceptors (Lipinski definition) is 3. The van der Waals surface area contributed by atoms with Crippen molar-refractivity contribution in [2.45, 2.75) is 6.42 Å². The van der Waals surface area contributed by atoms with Crippen LogP contribution in [-0.2, 0) is 13.5 Å². The third-order valence-corrected chi connectivity index (χ3v) is 3.58. The molecule has 1 aromatic carbocycles. The summed E-state index contributed by atoms with van der Waals surface area (Å²) in [6, 6.07) is 9.64. The van der Waals surface area contributed by atoms with E-state index in [0.717, 1.165) is 20.9 Å². The number of benzene rings is 1. The van der Waals surface area contributed by atoms with E-state index in [4.69, 9.17) is 0 Å². The standard InChI is InChI=1S/C15H12BrN3O/c1-19-13-5-3-2-4-12(13)15(18-19)14(20)7-10-6-11(16)9-17-8-10/h2-6,8-9H,7H2,1H3. The molecule has 0 saturated heterocycles. The average molecular weight is 330 g/mol. The first kappa shape index (κ1) is 13.0. The topological polar surface area (TPSA) is 47.8 Å². The van der Waals surface area contributed by atoms with Gasteiger partial charge in [0.05, 0.1) is 5.52 Å². The van der Waals surface area contributed by atoms with Crippen LogP contribution in [0.25, 0.3) is 10.9 Å². The normalized spacial score (nSPS) is 10.9. The molecular weight excluding hydrogens is 318 g/mol. The van der Waals surface area contributed by atoms with E-state index in [1.54, 1.807) is 17.1 Å². The Balaban J connectivity index is 1.97. The highest BCUT2D eigenvalue weighted by atomic mass is 79.9. The van der Waals surface area contributed by atoms with E-state index in [-0.39, 0.29) is 5.78 Å². The molecular formula is C15H12BrN3O. The lowest BCUT2D eigenvalue weighted by molar-refractivity contribution is 0.0989. The van der Waals surface area contributed by atoms with Crippen LogP contribution in [0.4, 0.5) is 0 Å². The fraction of sp³-hybridized carbons (Fsp3) is 0.133. The van der Waals surface area contributed by atoms with Crippen molar-refractivity contribution in [2.75, 3.05) is 0 Å². The minimum Gasteiger partial charge on any atom is -0.292 e. The predicted octanol–water partition coefficient (Wildman–Crippen LogP) is 3.16.